The van der Waals surface area contributed by atoms with Crippen LogP contribution in [0.25, 0.3) is 0 Å². The van der Waals surface area contributed by atoms with E-state index < -0.39 is 0 Å². The van der Waals surface area contributed by atoms with Crippen LogP contribution in [0.4, 0.5) is 4.79 Å². The predicted octanol–water partition coefficient (Wildman–Crippen LogP) is 2.25. The molecule has 2 aliphatic heterocycles. The topological polar surface area (TPSA) is 86.3 Å². The number of nitrogens with one attached hydrogen (secondary N) is 2. The average molecular weight is 444 g/mol. The van der Waals surface area contributed by atoms with Crippen LogP contribution < -0.4 is 10.6 Å². The summed E-state index contributed by atoms with van der Waals surface area (Å²) >= 11 is 0. The number of ether oxygens (including phenoxy) is 1. The zero-order chi connectivity index (χ0) is 22.8. The lowest BCUT2D eigenvalue weighted by molar-refractivity contribution is -0.130. The van der Waals surface area contributed by atoms with E-state index in [2.05, 4.69) is 39.9 Å². The van der Waals surface area contributed by atoms with E-state index in [1.54, 1.807) is 4.90 Å². The smallest absolute Gasteiger partial charge is 0.409 e. The molecule has 0 aliphatic carbocycles. The molecule has 176 valence electrons. The second-order valence-corrected chi connectivity index (χ2v) is 8.58. The number of carbonyl (C=O) groups is 2. The Kier molecular flexibility index (Phi) is 9.19. The first kappa shape index (κ1) is 23.9. The zero-order valence-corrected chi connectivity index (χ0v) is 19.4. The van der Waals surface area contributed by atoms with Gasteiger partial charge >= 0.3 is 6.09 Å². The number of likely N-dealkylation sites (tertiary alicyclic amines) is 2. The van der Waals surface area contributed by atoms with Crippen molar-refractivity contribution < 1.29 is 14.3 Å². The molecule has 2 amide bonds. The summed E-state index contributed by atoms with van der Waals surface area (Å²) in [6, 6.07) is 10.8. The number of benzene rings is 1. The summed E-state index contributed by atoms with van der Waals surface area (Å²) in [4.78, 5) is 32.6. The lowest BCUT2D eigenvalue weighted by Gasteiger charge is -2.32. The zero-order valence-electron chi connectivity index (χ0n) is 19.4. The van der Waals surface area contributed by atoms with Crippen LogP contribution >= 0.6 is 0 Å². The number of methoxy groups -OCH3 is 1. The van der Waals surface area contributed by atoms with Gasteiger partial charge in [-0.3, -0.25) is 4.79 Å². The van der Waals surface area contributed by atoms with E-state index in [1.807, 2.05) is 17.9 Å². The van der Waals surface area contributed by atoms with Gasteiger partial charge in [0.1, 0.15) is 6.54 Å². The summed E-state index contributed by atoms with van der Waals surface area (Å²) in [5.74, 6) is 1.39. The average Bonchev–Trinajstić information content (AvgIpc) is 2.83. The van der Waals surface area contributed by atoms with E-state index in [0.717, 1.165) is 51.7 Å². The van der Waals surface area contributed by atoms with Gasteiger partial charge in [0.05, 0.1) is 7.11 Å². The minimum absolute atomic E-state index is 0.0841. The molecule has 0 atom stereocenters. The third-order valence-corrected chi connectivity index (χ3v) is 6.32. The van der Waals surface area contributed by atoms with Gasteiger partial charge in [0.15, 0.2) is 5.96 Å². The summed E-state index contributed by atoms with van der Waals surface area (Å²) in [7, 11) is 1.41. The first-order valence-electron chi connectivity index (χ1n) is 11.8. The van der Waals surface area contributed by atoms with Crippen LogP contribution in [-0.4, -0.2) is 80.2 Å². The Hall–Kier alpha value is -2.77. The standard InChI is InChI=1S/C24H37N5O3/c1-3-25-23(27-21-11-15-29(16-12-21)24(31)32-2)26-18-22(30)28-13-9-20(10-14-28)17-19-7-5-4-6-8-19/h4-8,20-21H,3,9-18H2,1-2H3,(H2,25,26,27). The predicted molar refractivity (Wildman–Crippen MR) is 126 cm³/mol. The highest BCUT2D eigenvalue weighted by molar-refractivity contribution is 5.85. The molecule has 0 radical (unpaired) electrons. The van der Waals surface area contributed by atoms with Crippen molar-refractivity contribution in [3.05, 3.63) is 35.9 Å². The maximum Gasteiger partial charge on any atom is 0.409 e. The second-order valence-electron chi connectivity index (χ2n) is 8.58. The fourth-order valence-electron chi connectivity index (χ4n) is 4.43. The molecule has 2 saturated heterocycles. The highest BCUT2D eigenvalue weighted by Crippen LogP contribution is 2.21. The molecule has 1 aromatic carbocycles. The highest BCUT2D eigenvalue weighted by Gasteiger charge is 2.25. The summed E-state index contributed by atoms with van der Waals surface area (Å²) < 4.78 is 4.79. The SMILES string of the molecule is CCNC(=NCC(=O)N1CCC(Cc2ccccc2)CC1)NC1CCN(C(=O)OC)CC1. The molecule has 0 spiro atoms. The third kappa shape index (κ3) is 7.14. The van der Waals surface area contributed by atoms with Gasteiger partial charge in [-0.1, -0.05) is 30.3 Å². The van der Waals surface area contributed by atoms with Gasteiger partial charge in [-0.2, -0.15) is 0 Å². The maximum absolute atomic E-state index is 12.7. The van der Waals surface area contributed by atoms with E-state index in [9.17, 15) is 9.59 Å². The molecule has 32 heavy (non-hydrogen) atoms. The second kappa shape index (κ2) is 12.3. The number of rotatable bonds is 6. The van der Waals surface area contributed by atoms with Crippen molar-refractivity contribution in [3.8, 4) is 0 Å². The van der Waals surface area contributed by atoms with E-state index in [0.29, 0.717) is 25.0 Å². The number of guanidine groups is 1. The van der Waals surface area contributed by atoms with Gasteiger partial charge in [0.2, 0.25) is 5.91 Å². The fraction of sp³-hybridized carbons (Fsp3) is 0.625. The molecule has 2 N–H and O–H groups in total. The molecule has 8 heteroatoms. The molecule has 0 aromatic heterocycles. The van der Waals surface area contributed by atoms with Crippen LogP contribution in [0.5, 0.6) is 0 Å². The van der Waals surface area contributed by atoms with Crippen molar-refractivity contribution in [2.45, 2.75) is 45.1 Å². The Labute approximate surface area is 191 Å². The number of hydrogen-bond donors (Lipinski definition) is 2. The third-order valence-electron chi connectivity index (χ3n) is 6.32. The Morgan fingerprint density at radius 1 is 1.03 bits per heavy atom. The number of piperidine rings is 2. The van der Waals surface area contributed by atoms with Gasteiger partial charge in [-0.15, -0.1) is 0 Å². The molecule has 1 aromatic rings. The summed E-state index contributed by atoms with van der Waals surface area (Å²) in [5.41, 5.74) is 1.38. The molecular weight excluding hydrogens is 406 g/mol. The first-order valence-corrected chi connectivity index (χ1v) is 11.8. The molecule has 2 aliphatic rings. The molecule has 0 bridgehead atoms. The van der Waals surface area contributed by atoms with Crippen molar-refractivity contribution in [2.24, 2.45) is 10.9 Å². The van der Waals surface area contributed by atoms with Crippen LogP contribution in [0.15, 0.2) is 35.3 Å². The van der Waals surface area contributed by atoms with Crippen LogP contribution in [0.3, 0.4) is 0 Å². The van der Waals surface area contributed by atoms with Gasteiger partial charge in [-0.05, 0) is 50.5 Å². The van der Waals surface area contributed by atoms with Crippen molar-refractivity contribution in [3.63, 3.8) is 0 Å². The van der Waals surface area contributed by atoms with Crippen LogP contribution in [0.1, 0.15) is 38.2 Å². The number of carbonyl (C=O) groups excluding carboxylic acids is 2. The van der Waals surface area contributed by atoms with Gasteiger partial charge in [-0.25, -0.2) is 9.79 Å². The largest absolute Gasteiger partial charge is 0.453 e. The summed E-state index contributed by atoms with van der Waals surface area (Å²) in [6.07, 6.45) is 4.54. The minimum Gasteiger partial charge on any atom is -0.453 e. The van der Waals surface area contributed by atoms with Crippen LogP contribution in [0.2, 0.25) is 0 Å². The number of nitrogens with zero attached hydrogens (tertiary/aromatic N) is 3. The van der Waals surface area contributed by atoms with Gasteiger partial charge in [0.25, 0.3) is 0 Å². The van der Waals surface area contributed by atoms with E-state index >= 15 is 0 Å². The Balaban J connectivity index is 1.43. The van der Waals surface area contributed by atoms with Crippen LogP contribution in [-0.2, 0) is 16.0 Å². The van der Waals surface area contributed by atoms with Crippen molar-refractivity contribution >= 4 is 18.0 Å². The minimum atomic E-state index is -0.276. The monoisotopic (exact) mass is 443 g/mol. The summed E-state index contributed by atoms with van der Waals surface area (Å²) in [5, 5.41) is 6.65. The Morgan fingerprint density at radius 2 is 1.69 bits per heavy atom. The first-order chi connectivity index (χ1) is 15.6. The lowest BCUT2D eigenvalue weighted by atomic mass is 9.90. The lowest BCUT2D eigenvalue weighted by Crippen LogP contribution is -2.50. The normalized spacial score (nSPS) is 18.4. The maximum atomic E-state index is 12.7. The molecule has 2 heterocycles. The van der Waals surface area contributed by atoms with Crippen molar-refractivity contribution in [1.82, 2.24) is 20.4 Å². The van der Waals surface area contributed by atoms with E-state index in [-0.39, 0.29) is 24.6 Å². The quantitative estimate of drug-likeness (QED) is 0.520. The summed E-state index contributed by atoms with van der Waals surface area (Å²) in [6.45, 7) is 5.81. The van der Waals surface area contributed by atoms with Gasteiger partial charge in [0, 0.05) is 38.8 Å². The number of amides is 2. The Morgan fingerprint density at radius 3 is 2.31 bits per heavy atom. The highest BCUT2D eigenvalue weighted by atomic mass is 16.5. The van der Waals surface area contributed by atoms with E-state index in [1.165, 1.54) is 12.7 Å². The van der Waals surface area contributed by atoms with E-state index in [4.69, 9.17) is 4.74 Å². The van der Waals surface area contributed by atoms with Gasteiger partial charge < -0.3 is 25.2 Å². The molecule has 2 fully saturated rings. The molecule has 0 saturated carbocycles. The molecule has 3 rings (SSSR count). The molecule has 8 nitrogen and oxygen atoms in total. The van der Waals surface area contributed by atoms with Crippen LogP contribution in [0, 0.1) is 5.92 Å². The van der Waals surface area contributed by atoms with Crippen molar-refractivity contribution in [1.29, 1.82) is 0 Å². The number of aliphatic imine (C=N–C) groups is 1. The number of hydrogen-bond acceptors (Lipinski definition) is 4. The Bertz CT molecular complexity index is 754. The fourth-order valence-corrected chi connectivity index (χ4v) is 4.43. The van der Waals surface area contributed by atoms with Crippen molar-refractivity contribution in [2.75, 3.05) is 46.4 Å². The molecule has 0 unspecified atom stereocenters. The molecular formula is C24H37N5O3.